The van der Waals surface area contributed by atoms with E-state index in [1.165, 1.54) is 25.4 Å². The summed E-state index contributed by atoms with van der Waals surface area (Å²) in [5, 5.41) is 8.91. The lowest BCUT2D eigenvalue weighted by Gasteiger charge is -2.10. The van der Waals surface area contributed by atoms with Crippen LogP contribution in [0, 0.1) is 5.82 Å². The van der Waals surface area contributed by atoms with Gasteiger partial charge in [-0.15, -0.1) is 0 Å². The second kappa shape index (κ2) is 7.79. The Kier molecular flexibility index (Phi) is 5.28. The highest BCUT2D eigenvalue weighted by Gasteiger charge is 2.04. The summed E-state index contributed by atoms with van der Waals surface area (Å²) >= 11 is 5.78. The molecule has 0 atom stereocenters. The number of halogens is 2. The molecule has 3 rings (SSSR count). The van der Waals surface area contributed by atoms with Crippen molar-refractivity contribution in [3.05, 3.63) is 65.7 Å². The van der Waals surface area contributed by atoms with Crippen LogP contribution in [-0.4, -0.2) is 15.9 Å². The summed E-state index contributed by atoms with van der Waals surface area (Å²) in [6.07, 6.45) is 1.40. The summed E-state index contributed by atoms with van der Waals surface area (Å²) in [6.45, 7) is 1.45. The second-order valence-corrected chi connectivity index (χ2v) is 5.84. The zero-order chi connectivity index (χ0) is 18.5. The number of anilines is 5. The van der Waals surface area contributed by atoms with Crippen LogP contribution in [0.25, 0.3) is 0 Å². The van der Waals surface area contributed by atoms with Crippen LogP contribution in [0.1, 0.15) is 6.92 Å². The number of nitrogens with zero attached hydrogens (tertiary/aromatic N) is 2. The fourth-order valence-electron chi connectivity index (χ4n) is 2.24. The molecule has 0 spiro atoms. The van der Waals surface area contributed by atoms with Crippen molar-refractivity contribution in [3.8, 4) is 0 Å². The van der Waals surface area contributed by atoms with Crippen LogP contribution in [0.15, 0.2) is 54.9 Å². The quantitative estimate of drug-likeness (QED) is 0.605. The van der Waals surface area contributed by atoms with Crippen molar-refractivity contribution in [2.24, 2.45) is 0 Å². The number of hydrogen-bond acceptors (Lipinski definition) is 5. The van der Waals surface area contributed by atoms with Gasteiger partial charge in [-0.25, -0.2) is 14.4 Å². The van der Waals surface area contributed by atoms with Gasteiger partial charge in [0.25, 0.3) is 0 Å². The Morgan fingerprint density at radius 1 is 0.962 bits per heavy atom. The van der Waals surface area contributed by atoms with E-state index >= 15 is 0 Å². The average Bonchev–Trinajstić information content (AvgIpc) is 2.58. The smallest absolute Gasteiger partial charge is 0.221 e. The van der Waals surface area contributed by atoms with Crippen molar-refractivity contribution in [1.29, 1.82) is 0 Å². The molecule has 0 radical (unpaired) electrons. The Morgan fingerprint density at radius 3 is 2.27 bits per heavy atom. The summed E-state index contributed by atoms with van der Waals surface area (Å²) in [6, 6.07) is 13.3. The van der Waals surface area contributed by atoms with E-state index in [1.54, 1.807) is 24.3 Å². The van der Waals surface area contributed by atoms with Crippen molar-refractivity contribution in [1.82, 2.24) is 9.97 Å². The molecule has 3 aromatic rings. The topological polar surface area (TPSA) is 78.9 Å². The molecule has 0 aliphatic rings. The Bertz CT molecular complexity index is 950. The predicted molar refractivity (Wildman–Crippen MR) is 101 cm³/mol. The molecular weight excluding hydrogens is 357 g/mol. The highest BCUT2D eigenvalue weighted by Crippen LogP contribution is 2.24. The molecule has 8 heteroatoms. The molecule has 132 valence electrons. The monoisotopic (exact) mass is 371 g/mol. The molecule has 1 aromatic heterocycles. The minimum Gasteiger partial charge on any atom is -0.340 e. The van der Waals surface area contributed by atoms with Gasteiger partial charge in [0.2, 0.25) is 5.91 Å². The normalized spacial score (nSPS) is 10.3. The summed E-state index contributed by atoms with van der Waals surface area (Å²) < 4.78 is 13.2. The minimum atomic E-state index is -0.485. The van der Waals surface area contributed by atoms with Gasteiger partial charge in [-0.2, -0.15) is 0 Å². The van der Waals surface area contributed by atoms with E-state index in [0.717, 1.165) is 5.69 Å². The largest absolute Gasteiger partial charge is 0.340 e. The third-order valence-corrected chi connectivity index (χ3v) is 3.60. The molecule has 2 aromatic carbocycles. The number of rotatable bonds is 5. The van der Waals surface area contributed by atoms with E-state index in [0.29, 0.717) is 23.0 Å². The van der Waals surface area contributed by atoms with E-state index in [9.17, 15) is 9.18 Å². The summed E-state index contributed by atoms with van der Waals surface area (Å²) in [5.74, 6) is 0.439. The van der Waals surface area contributed by atoms with Crippen LogP contribution >= 0.6 is 11.6 Å². The number of benzene rings is 2. The predicted octanol–water partition coefficient (Wildman–Crippen LogP) is 4.71. The summed E-state index contributed by atoms with van der Waals surface area (Å²) in [4.78, 5) is 19.4. The molecule has 3 N–H and O–H groups in total. The van der Waals surface area contributed by atoms with Crippen LogP contribution < -0.4 is 16.0 Å². The van der Waals surface area contributed by atoms with Crippen LogP contribution in [0.3, 0.4) is 0 Å². The first-order chi connectivity index (χ1) is 12.5. The van der Waals surface area contributed by atoms with E-state index in [4.69, 9.17) is 11.6 Å². The Hall–Kier alpha value is -3.19. The lowest BCUT2D eigenvalue weighted by molar-refractivity contribution is -0.114. The van der Waals surface area contributed by atoms with Crippen LogP contribution in [0.5, 0.6) is 0 Å². The molecule has 0 aliphatic heterocycles. The highest BCUT2D eigenvalue weighted by molar-refractivity contribution is 6.31. The lowest BCUT2D eigenvalue weighted by Crippen LogP contribution is -2.06. The van der Waals surface area contributed by atoms with Gasteiger partial charge >= 0.3 is 0 Å². The van der Waals surface area contributed by atoms with Gasteiger partial charge in [-0.3, -0.25) is 4.79 Å². The first-order valence-corrected chi connectivity index (χ1v) is 8.06. The van der Waals surface area contributed by atoms with E-state index in [1.807, 2.05) is 12.1 Å². The Morgan fingerprint density at radius 2 is 1.62 bits per heavy atom. The van der Waals surface area contributed by atoms with Gasteiger partial charge in [0.15, 0.2) is 0 Å². The number of carbonyl (C=O) groups is 1. The number of hydrogen-bond donors (Lipinski definition) is 3. The first kappa shape index (κ1) is 17.6. The van der Waals surface area contributed by atoms with Gasteiger partial charge < -0.3 is 16.0 Å². The molecular formula is C18H15ClFN5O. The summed E-state index contributed by atoms with van der Waals surface area (Å²) in [5.41, 5.74) is 2.04. The van der Waals surface area contributed by atoms with Gasteiger partial charge in [0.1, 0.15) is 23.8 Å². The molecule has 0 saturated carbocycles. The SMILES string of the molecule is CC(=O)Nc1cccc(Nc2cc(Nc3ccc(F)c(Cl)c3)ncn2)c1. The van der Waals surface area contributed by atoms with Crippen molar-refractivity contribution in [3.63, 3.8) is 0 Å². The molecule has 0 aliphatic carbocycles. The number of carbonyl (C=O) groups excluding carboxylic acids is 1. The molecule has 26 heavy (non-hydrogen) atoms. The van der Waals surface area contributed by atoms with E-state index in [2.05, 4.69) is 25.9 Å². The Balaban J connectivity index is 1.75. The van der Waals surface area contributed by atoms with Crippen molar-refractivity contribution < 1.29 is 9.18 Å². The van der Waals surface area contributed by atoms with Crippen LogP contribution in [0.4, 0.5) is 33.1 Å². The van der Waals surface area contributed by atoms with Crippen LogP contribution in [0.2, 0.25) is 5.02 Å². The third-order valence-electron chi connectivity index (χ3n) is 3.31. The zero-order valence-corrected chi connectivity index (χ0v) is 14.5. The third kappa shape index (κ3) is 4.67. The highest BCUT2D eigenvalue weighted by atomic mass is 35.5. The average molecular weight is 372 g/mol. The second-order valence-electron chi connectivity index (χ2n) is 5.43. The summed E-state index contributed by atoms with van der Waals surface area (Å²) in [7, 11) is 0. The molecule has 6 nitrogen and oxygen atoms in total. The van der Waals surface area contributed by atoms with Crippen molar-refractivity contribution in [2.75, 3.05) is 16.0 Å². The maximum absolute atomic E-state index is 13.2. The molecule has 1 heterocycles. The standard InChI is InChI=1S/C18H15ClFN5O/c1-11(26)23-12-3-2-4-13(7-12)24-17-9-18(22-10-21-17)25-14-5-6-16(20)15(19)8-14/h2-10H,1H3,(H,23,26)(H2,21,22,24,25). The fourth-order valence-corrected chi connectivity index (χ4v) is 2.42. The molecule has 0 bridgehead atoms. The van der Waals surface area contributed by atoms with Gasteiger partial charge in [-0.05, 0) is 36.4 Å². The van der Waals surface area contributed by atoms with Crippen molar-refractivity contribution in [2.45, 2.75) is 6.92 Å². The van der Waals surface area contributed by atoms with Gasteiger partial charge in [-0.1, -0.05) is 17.7 Å². The maximum Gasteiger partial charge on any atom is 0.221 e. The first-order valence-electron chi connectivity index (χ1n) is 7.68. The minimum absolute atomic E-state index is 0.0252. The molecule has 0 unspecified atom stereocenters. The molecule has 0 saturated heterocycles. The van der Waals surface area contributed by atoms with Gasteiger partial charge in [0.05, 0.1) is 5.02 Å². The number of nitrogens with one attached hydrogen (secondary N) is 3. The zero-order valence-electron chi connectivity index (χ0n) is 13.8. The van der Waals surface area contributed by atoms with Gasteiger partial charge in [0, 0.05) is 30.1 Å². The number of amides is 1. The van der Waals surface area contributed by atoms with E-state index < -0.39 is 5.82 Å². The van der Waals surface area contributed by atoms with E-state index in [-0.39, 0.29) is 10.9 Å². The Labute approximate surface area is 154 Å². The van der Waals surface area contributed by atoms with Crippen LogP contribution in [-0.2, 0) is 4.79 Å². The fraction of sp³-hybridized carbons (Fsp3) is 0.0556. The molecule has 0 fully saturated rings. The lowest BCUT2D eigenvalue weighted by atomic mass is 10.2. The molecule has 1 amide bonds. The maximum atomic E-state index is 13.2. The number of aromatic nitrogens is 2. The van der Waals surface area contributed by atoms with Crippen molar-refractivity contribution >= 4 is 46.2 Å².